The molecule has 0 amide bonds. The van der Waals surface area contributed by atoms with Gasteiger partial charge in [0, 0.05) is 0 Å². The normalized spacial score (nSPS) is 17.8. The van der Waals surface area contributed by atoms with Gasteiger partial charge in [-0.2, -0.15) is 0 Å². The van der Waals surface area contributed by atoms with E-state index in [1.807, 2.05) is 13.8 Å². The van der Waals surface area contributed by atoms with Gasteiger partial charge in [-0.25, -0.2) is 0 Å². The van der Waals surface area contributed by atoms with E-state index in [9.17, 15) is 0 Å². The molecule has 0 aromatic rings. The maximum absolute atomic E-state index is 8.88. The minimum absolute atomic E-state index is 0.0599. The molecule has 0 aromatic heterocycles. The summed E-state index contributed by atoms with van der Waals surface area (Å²) in [4.78, 5) is 0. The Morgan fingerprint density at radius 3 is 2.12 bits per heavy atom. The zero-order valence-electron chi connectivity index (χ0n) is 12.3. The Morgan fingerprint density at radius 2 is 1.71 bits per heavy atom. The van der Waals surface area contributed by atoms with Crippen molar-refractivity contribution in [1.29, 1.82) is 0 Å². The minimum Gasteiger partial charge on any atom is -0.394 e. The van der Waals surface area contributed by atoms with E-state index in [1.54, 1.807) is 0 Å². The number of ether oxygens (including phenoxy) is 2. The van der Waals surface area contributed by atoms with Gasteiger partial charge in [-0.05, 0) is 25.7 Å². The third-order valence-electron chi connectivity index (χ3n) is 2.79. The summed E-state index contributed by atoms with van der Waals surface area (Å²) in [5.74, 6) is 0. The Labute approximate surface area is 107 Å². The number of rotatable bonds is 8. The lowest BCUT2D eigenvalue weighted by Crippen LogP contribution is -2.34. The molecule has 3 heteroatoms. The molecule has 0 bridgehead atoms. The van der Waals surface area contributed by atoms with E-state index in [2.05, 4.69) is 27.7 Å². The molecule has 0 aromatic carbocycles. The standard InChI is InChI=1S/C14H30O3/c1-7-8-13(14(4,5)6)17-12(3)10-16-11(2)9-15/h11-13,15H,7-10H2,1-6H3. The van der Waals surface area contributed by atoms with Gasteiger partial charge in [0.1, 0.15) is 0 Å². The van der Waals surface area contributed by atoms with Gasteiger partial charge < -0.3 is 14.6 Å². The minimum atomic E-state index is -0.111. The first-order chi connectivity index (χ1) is 7.81. The Kier molecular flexibility index (Phi) is 8.01. The summed E-state index contributed by atoms with van der Waals surface area (Å²) in [5, 5.41) is 8.88. The number of aliphatic hydroxyl groups is 1. The van der Waals surface area contributed by atoms with Crippen molar-refractivity contribution in [2.45, 2.75) is 72.7 Å². The number of aliphatic hydroxyl groups excluding tert-OH is 1. The third-order valence-corrected chi connectivity index (χ3v) is 2.79. The van der Waals surface area contributed by atoms with Crippen molar-refractivity contribution in [2.24, 2.45) is 5.41 Å². The lowest BCUT2D eigenvalue weighted by Gasteiger charge is -2.33. The first kappa shape index (κ1) is 16.9. The smallest absolute Gasteiger partial charge is 0.0784 e. The summed E-state index contributed by atoms with van der Waals surface area (Å²) >= 11 is 0. The van der Waals surface area contributed by atoms with Crippen molar-refractivity contribution >= 4 is 0 Å². The monoisotopic (exact) mass is 246 g/mol. The van der Waals surface area contributed by atoms with Crippen LogP contribution in [0.4, 0.5) is 0 Å². The molecule has 0 saturated carbocycles. The molecule has 3 atom stereocenters. The predicted octanol–water partition coefficient (Wildman–Crippen LogP) is 3.00. The Hall–Kier alpha value is -0.120. The fourth-order valence-corrected chi connectivity index (χ4v) is 1.64. The highest BCUT2D eigenvalue weighted by Crippen LogP contribution is 2.27. The van der Waals surface area contributed by atoms with Gasteiger partial charge in [-0.15, -0.1) is 0 Å². The second-order valence-electron chi connectivity index (χ2n) is 5.92. The molecule has 3 nitrogen and oxygen atoms in total. The molecule has 0 aliphatic heterocycles. The molecule has 0 saturated heterocycles. The molecule has 0 rings (SSSR count). The molecule has 0 radical (unpaired) electrons. The third kappa shape index (κ3) is 7.74. The Morgan fingerprint density at radius 1 is 1.12 bits per heavy atom. The summed E-state index contributed by atoms with van der Waals surface area (Å²) in [6, 6.07) is 0. The first-order valence-electron chi connectivity index (χ1n) is 6.69. The van der Waals surface area contributed by atoms with Crippen LogP contribution in [0.3, 0.4) is 0 Å². The molecule has 17 heavy (non-hydrogen) atoms. The summed E-state index contributed by atoms with van der Waals surface area (Å²) in [6.45, 7) is 13.3. The van der Waals surface area contributed by atoms with Crippen LogP contribution >= 0.6 is 0 Å². The number of hydrogen-bond donors (Lipinski definition) is 1. The van der Waals surface area contributed by atoms with Crippen LogP contribution in [0.2, 0.25) is 0 Å². The highest BCUT2D eigenvalue weighted by molar-refractivity contribution is 4.75. The van der Waals surface area contributed by atoms with E-state index in [-0.39, 0.29) is 30.3 Å². The second-order valence-corrected chi connectivity index (χ2v) is 5.92. The Balaban J connectivity index is 4.08. The van der Waals surface area contributed by atoms with Crippen molar-refractivity contribution in [1.82, 2.24) is 0 Å². The zero-order valence-corrected chi connectivity index (χ0v) is 12.3. The van der Waals surface area contributed by atoms with Crippen molar-refractivity contribution in [3.05, 3.63) is 0 Å². The van der Waals surface area contributed by atoms with Crippen LogP contribution in [0.25, 0.3) is 0 Å². The maximum atomic E-state index is 8.88. The van der Waals surface area contributed by atoms with Gasteiger partial charge in [0.15, 0.2) is 0 Å². The summed E-state index contributed by atoms with van der Waals surface area (Å²) < 4.78 is 11.5. The molecule has 0 fully saturated rings. The molecular formula is C14H30O3. The maximum Gasteiger partial charge on any atom is 0.0784 e. The molecule has 0 aliphatic carbocycles. The van der Waals surface area contributed by atoms with Crippen LogP contribution in [0.1, 0.15) is 54.4 Å². The molecule has 0 aliphatic rings. The quantitative estimate of drug-likeness (QED) is 0.715. The second kappa shape index (κ2) is 8.06. The molecule has 1 N–H and O–H groups in total. The average molecular weight is 246 g/mol. The van der Waals surface area contributed by atoms with Crippen molar-refractivity contribution in [3.8, 4) is 0 Å². The van der Waals surface area contributed by atoms with E-state index in [4.69, 9.17) is 14.6 Å². The predicted molar refractivity (Wildman–Crippen MR) is 71.2 cm³/mol. The molecule has 0 heterocycles. The van der Waals surface area contributed by atoms with Crippen LogP contribution in [0, 0.1) is 5.41 Å². The van der Waals surface area contributed by atoms with Crippen molar-refractivity contribution in [3.63, 3.8) is 0 Å². The van der Waals surface area contributed by atoms with E-state index in [0.29, 0.717) is 6.61 Å². The van der Waals surface area contributed by atoms with Gasteiger partial charge in [0.05, 0.1) is 31.5 Å². The molecule has 3 unspecified atom stereocenters. The fraction of sp³-hybridized carbons (Fsp3) is 1.00. The van der Waals surface area contributed by atoms with Crippen LogP contribution in [0.15, 0.2) is 0 Å². The van der Waals surface area contributed by atoms with Crippen LogP contribution in [0.5, 0.6) is 0 Å². The summed E-state index contributed by atoms with van der Waals surface area (Å²) in [7, 11) is 0. The van der Waals surface area contributed by atoms with E-state index < -0.39 is 0 Å². The van der Waals surface area contributed by atoms with Crippen LogP contribution in [-0.2, 0) is 9.47 Å². The lowest BCUT2D eigenvalue weighted by atomic mass is 9.86. The SMILES string of the molecule is CCCC(OC(C)COC(C)CO)C(C)(C)C. The van der Waals surface area contributed by atoms with E-state index in [0.717, 1.165) is 12.8 Å². The number of hydrogen-bond acceptors (Lipinski definition) is 3. The molecule has 0 spiro atoms. The Bertz CT molecular complexity index is 186. The molecular weight excluding hydrogens is 216 g/mol. The fourth-order valence-electron chi connectivity index (χ4n) is 1.64. The largest absolute Gasteiger partial charge is 0.394 e. The molecule has 104 valence electrons. The van der Waals surface area contributed by atoms with Crippen LogP contribution in [-0.4, -0.2) is 36.6 Å². The summed E-state index contributed by atoms with van der Waals surface area (Å²) in [5.41, 5.74) is 0.160. The highest BCUT2D eigenvalue weighted by atomic mass is 16.5. The average Bonchev–Trinajstić information content (AvgIpc) is 2.24. The van der Waals surface area contributed by atoms with Gasteiger partial charge in [0.25, 0.3) is 0 Å². The van der Waals surface area contributed by atoms with Gasteiger partial charge in [-0.3, -0.25) is 0 Å². The summed E-state index contributed by atoms with van der Waals surface area (Å²) in [6.07, 6.45) is 2.42. The van der Waals surface area contributed by atoms with E-state index >= 15 is 0 Å². The van der Waals surface area contributed by atoms with Crippen molar-refractivity contribution < 1.29 is 14.6 Å². The van der Waals surface area contributed by atoms with E-state index in [1.165, 1.54) is 0 Å². The van der Waals surface area contributed by atoms with Gasteiger partial charge in [-0.1, -0.05) is 34.1 Å². The first-order valence-corrected chi connectivity index (χ1v) is 6.69. The van der Waals surface area contributed by atoms with Crippen LogP contribution < -0.4 is 0 Å². The zero-order chi connectivity index (χ0) is 13.5. The van der Waals surface area contributed by atoms with Gasteiger partial charge >= 0.3 is 0 Å². The highest BCUT2D eigenvalue weighted by Gasteiger charge is 2.26. The lowest BCUT2D eigenvalue weighted by molar-refractivity contribution is -0.104. The van der Waals surface area contributed by atoms with Crippen molar-refractivity contribution in [2.75, 3.05) is 13.2 Å². The topological polar surface area (TPSA) is 38.7 Å². The van der Waals surface area contributed by atoms with Gasteiger partial charge in [0.2, 0.25) is 0 Å².